The molecule has 2 N–H and O–H groups in total. The summed E-state index contributed by atoms with van der Waals surface area (Å²) in [5, 5.41) is 16.7. The highest BCUT2D eigenvalue weighted by molar-refractivity contribution is 5.96. The SMILES string of the molecule is O=C1COc2cc([N+](=O)[O-])c(NCCc3ccccc3F)cc2N1. The van der Waals surface area contributed by atoms with E-state index in [2.05, 4.69) is 10.6 Å². The van der Waals surface area contributed by atoms with Gasteiger partial charge in [0.05, 0.1) is 16.7 Å². The standard InChI is InChI=1S/C16H14FN3O4/c17-11-4-2-1-3-10(11)5-6-18-12-7-13-15(8-14(12)20(22)23)24-9-16(21)19-13/h1-4,7-8,18H,5-6,9H2,(H,19,21). The molecule has 0 fully saturated rings. The van der Waals surface area contributed by atoms with E-state index < -0.39 is 4.92 Å². The van der Waals surface area contributed by atoms with Gasteiger partial charge in [-0.1, -0.05) is 18.2 Å². The summed E-state index contributed by atoms with van der Waals surface area (Å²) in [7, 11) is 0. The second-order valence-corrected chi connectivity index (χ2v) is 5.23. The monoisotopic (exact) mass is 331 g/mol. The van der Waals surface area contributed by atoms with Crippen LogP contribution in [0.5, 0.6) is 5.75 Å². The van der Waals surface area contributed by atoms with Crippen molar-refractivity contribution in [3.05, 3.63) is 57.9 Å². The van der Waals surface area contributed by atoms with Crippen LogP contribution in [-0.2, 0) is 11.2 Å². The average Bonchev–Trinajstić information content (AvgIpc) is 2.55. The lowest BCUT2D eigenvalue weighted by atomic mass is 10.1. The minimum Gasteiger partial charge on any atom is -0.481 e. The second-order valence-electron chi connectivity index (χ2n) is 5.23. The smallest absolute Gasteiger partial charge is 0.296 e. The molecule has 0 saturated carbocycles. The summed E-state index contributed by atoms with van der Waals surface area (Å²) < 4.78 is 18.8. The number of nitro benzene ring substituents is 1. The number of benzene rings is 2. The van der Waals surface area contributed by atoms with Crippen molar-refractivity contribution >= 4 is 23.0 Å². The Morgan fingerprint density at radius 1 is 1.33 bits per heavy atom. The number of nitro groups is 1. The molecule has 1 amide bonds. The number of rotatable bonds is 5. The van der Waals surface area contributed by atoms with Gasteiger partial charge in [0, 0.05) is 6.54 Å². The molecule has 1 aliphatic rings. The number of hydrogen-bond acceptors (Lipinski definition) is 5. The van der Waals surface area contributed by atoms with Crippen LogP contribution in [-0.4, -0.2) is 24.0 Å². The minimum absolute atomic E-state index is 0.168. The van der Waals surface area contributed by atoms with Crippen LogP contribution in [0.1, 0.15) is 5.56 Å². The van der Waals surface area contributed by atoms with Crippen molar-refractivity contribution in [3.8, 4) is 5.75 Å². The first-order chi connectivity index (χ1) is 11.5. The molecule has 0 aromatic heterocycles. The van der Waals surface area contributed by atoms with Crippen LogP contribution in [0.4, 0.5) is 21.5 Å². The maximum Gasteiger partial charge on any atom is 0.296 e. The first-order valence-corrected chi connectivity index (χ1v) is 7.27. The van der Waals surface area contributed by atoms with Gasteiger partial charge >= 0.3 is 0 Å². The number of nitrogens with zero attached hydrogens (tertiary/aromatic N) is 1. The van der Waals surface area contributed by atoms with Crippen molar-refractivity contribution in [2.24, 2.45) is 0 Å². The Hall–Kier alpha value is -3.16. The molecular formula is C16H14FN3O4. The maximum absolute atomic E-state index is 13.6. The first kappa shape index (κ1) is 15.7. The van der Waals surface area contributed by atoms with Crippen LogP contribution >= 0.6 is 0 Å². The largest absolute Gasteiger partial charge is 0.481 e. The van der Waals surface area contributed by atoms with Crippen molar-refractivity contribution in [1.29, 1.82) is 0 Å². The summed E-state index contributed by atoms with van der Waals surface area (Å²) in [6.07, 6.45) is 0.365. The van der Waals surface area contributed by atoms with Crippen LogP contribution in [0.3, 0.4) is 0 Å². The fourth-order valence-electron chi connectivity index (χ4n) is 2.44. The Kier molecular flexibility index (Phi) is 4.28. The Balaban J connectivity index is 1.79. The summed E-state index contributed by atoms with van der Waals surface area (Å²) >= 11 is 0. The van der Waals surface area contributed by atoms with Gasteiger partial charge in [-0.2, -0.15) is 0 Å². The number of nitrogens with one attached hydrogen (secondary N) is 2. The van der Waals surface area contributed by atoms with E-state index in [9.17, 15) is 19.3 Å². The molecule has 0 radical (unpaired) electrons. The summed E-state index contributed by atoms with van der Waals surface area (Å²) in [4.78, 5) is 22.0. The first-order valence-electron chi connectivity index (χ1n) is 7.27. The third-order valence-corrected chi connectivity index (χ3v) is 3.60. The quantitative estimate of drug-likeness (QED) is 0.649. The molecule has 2 aromatic carbocycles. The van der Waals surface area contributed by atoms with Gasteiger partial charge in [-0.15, -0.1) is 0 Å². The van der Waals surface area contributed by atoms with Crippen molar-refractivity contribution in [3.63, 3.8) is 0 Å². The van der Waals surface area contributed by atoms with Crippen molar-refractivity contribution in [1.82, 2.24) is 0 Å². The van der Waals surface area contributed by atoms with Crippen LogP contribution < -0.4 is 15.4 Å². The summed E-state index contributed by atoms with van der Waals surface area (Å²) in [5.41, 5.74) is 0.951. The molecular weight excluding hydrogens is 317 g/mol. The molecule has 0 atom stereocenters. The second kappa shape index (κ2) is 6.53. The zero-order valence-electron chi connectivity index (χ0n) is 12.5. The molecule has 1 heterocycles. The number of hydrogen-bond donors (Lipinski definition) is 2. The Labute approximate surface area is 136 Å². The minimum atomic E-state index is -0.536. The zero-order valence-corrected chi connectivity index (χ0v) is 12.5. The van der Waals surface area contributed by atoms with Gasteiger partial charge in [0.1, 0.15) is 11.5 Å². The van der Waals surface area contributed by atoms with Gasteiger partial charge in [-0.05, 0) is 24.1 Å². The summed E-state index contributed by atoms with van der Waals surface area (Å²) in [6, 6.07) is 9.07. The molecule has 24 heavy (non-hydrogen) atoms. The summed E-state index contributed by atoms with van der Waals surface area (Å²) in [5.74, 6) is -0.394. The van der Waals surface area contributed by atoms with Crippen LogP contribution in [0, 0.1) is 15.9 Å². The van der Waals surface area contributed by atoms with Crippen LogP contribution in [0.15, 0.2) is 36.4 Å². The number of halogens is 1. The van der Waals surface area contributed by atoms with Gasteiger partial charge in [-0.3, -0.25) is 14.9 Å². The van der Waals surface area contributed by atoms with Crippen LogP contribution in [0.25, 0.3) is 0 Å². The highest BCUT2D eigenvalue weighted by Crippen LogP contribution is 2.37. The molecule has 0 spiro atoms. The van der Waals surface area contributed by atoms with Gasteiger partial charge in [0.2, 0.25) is 0 Å². The number of amides is 1. The normalized spacial score (nSPS) is 12.8. The van der Waals surface area contributed by atoms with Crippen LogP contribution in [0.2, 0.25) is 0 Å². The highest BCUT2D eigenvalue weighted by atomic mass is 19.1. The molecule has 3 rings (SSSR count). The van der Waals surface area contributed by atoms with E-state index in [1.165, 1.54) is 18.2 Å². The van der Waals surface area contributed by atoms with Crippen molar-refractivity contribution in [2.75, 3.05) is 23.8 Å². The number of anilines is 2. The van der Waals surface area contributed by atoms with E-state index in [1.54, 1.807) is 18.2 Å². The number of carbonyl (C=O) groups excluding carboxylic acids is 1. The average molecular weight is 331 g/mol. The highest BCUT2D eigenvalue weighted by Gasteiger charge is 2.23. The summed E-state index contributed by atoms with van der Waals surface area (Å²) in [6.45, 7) is 0.125. The molecule has 0 unspecified atom stereocenters. The van der Waals surface area contributed by atoms with Gasteiger partial charge in [0.25, 0.3) is 11.6 Å². The number of ether oxygens (including phenoxy) is 1. The molecule has 1 aliphatic heterocycles. The van der Waals surface area contributed by atoms with E-state index in [1.807, 2.05) is 0 Å². The Morgan fingerprint density at radius 2 is 2.12 bits per heavy atom. The molecule has 0 saturated heterocycles. The predicted molar refractivity (Wildman–Crippen MR) is 85.8 cm³/mol. The van der Waals surface area contributed by atoms with E-state index >= 15 is 0 Å². The third kappa shape index (κ3) is 3.27. The van der Waals surface area contributed by atoms with Gasteiger partial charge in [-0.25, -0.2) is 4.39 Å². The molecule has 2 aromatic rings. The lowest BCUT2D eigenvalue weighted by molar-refractivity contribution is -0.384. The lowest BCUT2D eigenvalue weighted by Gasteiger charge is -2.19. The van der Waals surface area contributed by atoms with Crippen molar-refractivity contribution in [2.45, 2.75) is 6.42 Å². The fourth-order valence-corrected chi connectivity index (χ4v) is 2.44. The van der Waals surface area contributed by atoms with Gasteiger partial charge in [0.15, 0.2) is 12.4 Å². The number of fused-ring (bicyclic) bond motifs is 1. The maximum atomic E-state index is 13.6. The van der Waals surface area contributed by atoms with Gasteiger partial charge < -0.3 is 15.4 Å². The third-order valence-electron chi connectivity index (χ3n) is 3.60. The van der Waals surface area contributed by atoms with E-state index in [0.29, 0.717) is 24.2 Å². The topological polar surface area (TPSA) is 93.5 Å². The van der Waals surface area contributed by atoms with E-state index in [0.717, 1.165) is 0 Å². The number of carbonyl (C=O) groups is 1. The molecule has 124 valence electrons. The molecule has 8 heteroatoms. The van der Waals surface area contributed by atoms with Crippen molar-refractivity contribution < 1.29 is 18.8 Å². The lowest BCUT2D eigenvalue weighted by Crippen LogP contribution is -2.25. The molecule has 0 bridgehead atoms. The zero-order chi connectivity index (χ0) is 17.1. The van der Waals surface area contributed by atoms with E-state index in [4.69, 9.17) is 4.74 Å². The van der Waals surface area contributed by atoms with E-state index in [-0.39, 0.29) is 35.5 Å². The predicted octanol–water partition coefficient (Wildman–Crippen LogP) is 2.72. The molecule has 0 aliphatic carbocycles. The molecule has 7 nitrogen and oxygen atoms in total. The Bertz CT molecular complexity index is 810. The fraction of sp³-hybridized carbons (Fsp3) is 0.188. The Morgan fingerprint density at radius 3 is 2.88 bits per heavy atom.